The van der Waals surface area contributed by atoms with Gasteiger partial charge in [0.15, 0.2) is 11.4 Å². The fraction of sp³-hybridized carbons (Fsp3) is 0.333. The summed E-state index contributed by atoms with van der Waals surface area (Å²) in [5, 5.41) is 10.6. The third-order valence-corrected chi connectivity index (χ3v) is 3.50. The number of ketones is 1. The Morgan fingerprint density at radius 1 is 1.35 bits per heavy atom. The second-order valence-electron chi connectivity index (χ2n) is 4.97. The van der Waals surface area contributed by atoms with Gasteiger partial charge in [-0.15, -0.1) is 0 Å². The third-order valence-electron chi connectivity index (χ3n) is 3.50. The summed E-state index contributed by atoms with van der Waals surface area (Å²) in [5.74, 6) is 0.0940. The van der Waals surface area contributed by atoms with E-state index in [4.69, 9.17) is 9.15 Å². The number of aryl methyl sites for hydroxylation is 1. The maximum absolute atomic E-state index is 12.2. The minimum absolute atomic E-state index is 0.0405. The SMILES string of the molecule is CCc1cc(=O)oc2c3c(cc(O)c12)OC(C)CC3=O. The Hall–Kier alpha value is -2.30. The molecule has 0 aliphatic carbocycles. The largest absolute Gasteiger partial charge is 0.507 e. The van der Waals surface area contributed by atoms with Gasteiger partial charge in [-0.25, -0.2) is 4.79 Å². The fourth-order valence-corrected chi connectivity index (χ4v) is 2.64. The molecule has 104 valence electrons. The minimum Gasteiger partial charge on any atom is -0.507 e. The lowest BCUT2D eigenvalue weighted by Gasteiger charge is -2.23. The Morgan fingerprint density at radius 2 is 2.10 bits per heavy atom. The lowest BCUT2D eigenvalue weighted by atomic mass is 9.96. The first-order chi connectivity index (χ1) is 9.51. The number of phenolic OH excluding ortho intramolecular Hbond substituents is 1. The summed E-state index contributed by atoms with van der Waals surface area (Å²) < 4.78 is 10.7. The second-order valence-corrected chi connectivity index (χ2v) is 4.97. The van der Waals surface area contributed by atoms with Crippen LogP contribution < -0.4 is 10.4 Å². The fourth-order valence-electron chi connectivity index (χ4n) is 2.64. The summed E-state index contributed by atoms with van der Waals surface area (Å²) in [6.07, 6.45) is 0.528. The molecule has 0 radical (unpaired) electrons. The molecule has 2 heterocycles. The molecule has 3 rings (SSSR count). The molecular formula is C15H14O5. The van der Waals surface area contributed by atoms with Crippen molar-refractivity contribution in [3.63, 3.8) is 0 Å². The molecule has 1 atom stereocenters. The molecule has 1 aliphatic rings. The van der Waals surface area contributed by atoms with E-state index in [9.17, 15) is 14.7 Å². The van der Waals surface area contributed by atoms with Gasteiger partial charge in [0.25, 0.3) is 0 Å². The zero-order valence-corrected chi connectivity index (χ0v) is 11.2. The van der Waals surface area contributed by atoms with Crippen LogP contribution in [-0.4, -0.2) is 17.0 Å². The van der Waals surface area contributed by atoms with Gasteiger partial charge >= 0.3 is 5.63 Å². The number of ether oxygens (including phenoxy) is 1. The highest BCUT2D eigenvalue weighted by atomic mass is 16.5. The number of phenols is 1. The molecule has 5 heteroatoms. The van der Waals surface area contributed by atoms with E-state index in [0.29, 0.717) is 17.4 Å². The van der Waals surface area contributed by atoms with E-state index in [1.54, 1.807) is 6.92 Å². The average molecular weight is 274 g/mol. The molecule has 0 spiro atoms. The number of benzene rings is 1. The summed E-state index contributed by atoms with van der Waals surface area (Å²) >= 11 is 0. The number of rotatable bonds is 1. The smallest absolute Gasteiger partial charge is 0.336 e. The van der Waals surface area contributed by atoms with Crippen LogP contribution in [0.5, 0.6) is 11.5 Å². The number of aromatic hydroxyl groups is 1. The van der Waals surface area contributed by atoms with Crippen molar-refractivity contribution in [1.82, 2.24) is 0 Å². The Morgan fingerprint density at radius 3 is 2.80 bits per heavy atom. The van der Waals surface area contributed by atoms with Gasteiger partial charge in [-0.05, 0) is 18.9 Å². The number of hydrogen-bond donors (Lipinski definition) is 1. The molecule has 1 N–H and O–H groups in total. The highest BCUT2D eigenvalue weighted by Crippen LogP contribution is 2.40. The highest BCUT2D eigenvalue weighted by molar-refractivity contribution is 6.11. The van der Waals surface area contributed by atoms with Gasteiger partial charge in [-0.3, -0.25) is 4.79 Å². The standard InChI is InChI=1S/C15H14O5/c1-3-8-5-12(18)20-15-13(8)10(17)6-11-14(15)9(16)4-7(2)19-11/h5-7,17H,3-4H2,1-2H3. The number of carbonyl (C=O) groups is 1. The molecule has 0 amide bonds. The first kappa shape index (κ1) is 12.7. The number of Topliss-reactive ketones (excluding diaryl/α,β-unsaturated/α-hetero) is 1. The maximum atomic E-state index is 12.2. The molecule has 2 aromatic rings. The van der Waals surface area contributed by atoms with Crippen LogP contribution in [0, 0.1) is 0 Å². The maximum Gasteiger partial charge on any atom is 0.336 e. The molecule has 0 saturated heterocycles. The monoisotopic (exact) mass is 274 g/mol. The molecule has 1 aromatic heterocycles. The van der Waals surface area contributed by atoms with Crippen LogP contribution in [0.25, 0.3) is 11.0 Å². The van der Waals surface area contributed by atoms with E-state index in [0.717, 1.165) is 0 Å². The molecule has 5 nitrogen and oxygen atoms in total. The van der Waals surface area contributed by atoms with Crippen LogP contribution in [0.15, 0.2) is 21.3 Å². The van der Waals surface area contributed by atoms with Gasteiger partial charge < -0.3 is 14.3 Å². The number of fused-ring (bicyclic) bond motifs is 3. The van der Waals surface area contributed by atoms with Gasteiger partial charge in [0, 0.05) is 18.6 Å². The van der Waals surface area contributed by atoms with E-state index in [1.165, 1.54) is 12.1 Å². The number of hydrogen-bond acceptors (Lipinski definition) is 5. The molecule has 1 unspecified atom stereocenters. The van der Waals surface area contributed by atoms with Crippen molar-refractivity contribution in [3.05, 3.63) is 33.7 Å². The first-order valence-corrected chi connectivity index (χ1v) is 6.53. The molecule has 0 saturated carbocycles. The van der Waals surface area contributed by atoms with Crippen LogP contribution in [-0.2, 0) is 6.42 Å². The van der Waals surface area contributed by atoms with Gasteiger partial charge in [-0.2, -0.15) is 0 Å². The van der Waals surface area contributed by atoms with Crippen molar-refractivity contribution in [2.75, 3.05) is 0 Å². The highest BCUT2D eigenvalue weighted by Gasteiger charge is 2.29. The van der Waals surface area contributed by atoms with Crippen LogP contribution in [0.4, 0.5) is 0 Å². The summed E-state index contributed by atoms with van der Waals surface area (Å²) in [4.78, 5) is 23.8. The Balaban J connectivity index is 2.46. The van der Waals surface area contributed by atoms with Gasteiger partial charge in [0.2, 0.25) is 0 Å². The summed E-state index contributed by atoms with van der Waals surface area (Å²) in [7, 11) is 0. The van der Waals surface area contributed by atoms with Crippen molar-refractivity contribution in [1.29, 1.82) is 0 Å². The van der Waals surface area contributed by atoms with E-state index < -0.39 is 5.63 Å². The molecular weight excluding hydrogens is 260 g/mol. The van der Waals surface area contributed by atoms with Crippen LogP contribution in [0.3, 0.4) is 0 Å². The normalized spacial score (nSPS) is 17.9. The first-order valence-electron chi connectivity index (χ1n) is 6.53. The molecule has 1 aromatic carbocycles. The van der Waals surface area contributed by atoms with Crippen molar-refractivity contribution < 1.29 is 19.1 Å². The Bertz CT molecular complexity index is 772. The quantitative estimate of drug-likeness (QED) is 0.808. The van der Waals surface area contributed by atoms with Gasteiger partial charge in [0.1, 0.15) is 23.2 Å². The van der Waals surface area contributed by atoms with Crippen LogP contribution >= 0.6 is 0 Å². The zero-order chi connectivity index (χ0) is 14.4. The number of carbonyl (C=O) groups excluding carboxylic acids is 1. The summed E-state index contributed by atoms with van der Waals surface area (Å²) in [6.45, 7) is 3.65. The Kier molecular flexibility index (Phi) is 2.78. The molecule has 0 fully saturated rings. The van der Waals surface area contributed by atoms with Crippen molar-refractivity contribution >= 4 is 16.8 Å². The Labute approximate surface area is 114 Å². The van der Waals surface area contributed by atoms with E-state index in [2.05, 4.69) is 0 Å². The van der Waals surface area contributed by atoms with E-state index in [-0.39, 0.29) is 41.0 Å². The van der Waals surface area contributed by atoms with Crippen molar-refractivity contribution in [3.8, 4) is 11.5 Å². The average Bonchev–Trinajstić information content (AvgIpc) is 2.36. The van der Waals surface area contributed by atoms with Gasteiger partial charge in [0.05, 0.1) is 5.39 Å². The predicted molar refractivity (Wildman–Crippen MR) is 72.6 cm³/mol. The lowest BCUT2D eigenvalue weighted by Crippen LogP contribution is -2.24. The minimum atomic E-state index is -0.534. The van der Waals surface area contributed by atoms with E-state index in [1.807, 2.05) is 6.92 Å². The summed E-state index contributed by atoms with van der Waals surface area (Å²) in [5.41, 5.74) is 0.501. The molecule has 0 bridgehead atoms. The predicted octanol–water partition coefficient (Wildman–Crippen LogP) is 2.41. The lowest BCUT2D eigenvalue weighted by molar-refractivity contribution is 0.0871. The van der Waals surface area contributed by atoms with Crippen LogP contribution in [0.1, 0.15) is 36.2 Å². The zero-order valence-electron chi connectivity index (χ0n) is 11.2. The second kappa shape index (κ2) is 4.37. The third kappa shape index (κ3) is 1.78. The van der Waals surface area contributed by atoms with Crippen LogP contribution in [0.2, 0.25) is 0 Å². The molecule has 1 aliphatic heterocycles. The van der Waals surface area contributed by atoms with Crippen molar-refractivity contribution in [2.45, 2.75) is 32.8 Å². The van der Waals surface area contributed by atoms with Crippen molar-refractivity contribution in [2.24, 2.45) is 0 Å². The molecule has 20 heavy (non-hydrogen) atoms. The summed E-state index contributed by atoms with van der Waals surface area (Å²) in [6, 6.07) is 2.76. The van der Waals surface area contributed by atoms with E-state index >= 15 is 0 Å². The van der Waals surface area contributed by atoms with Gasteiger partial charge in [-0.1, -0.05) is 6.92 Å². The topological polar surface area (TPSA) is 76.7 Å².